The number of likely N-dealkylation sites (tertiary alicyclic amines) is 1. The Hall–Kier alpha value is -3.68. The Morgan fingerprint density at radius 1 is 0.605 bits per heavy atom. The van der Waals surface area contributed by atoms with Crippen molar-refractivity contribution in [2.45, 2.75) is 46.6 Å². The van der Waals surface area contributed by atoms with E-state index >= 15 is 0 Å². The van der Waals surface area contributed by atoms with Gasteiger partial charge in [-0.2, -0.15) is 0 Å². The number of allylic oxidation sites excluding steroid dienone is 2. The predicted octanol–water partition coefficient (Wildman–Crippen LogP) is 9.16. The fourth-order valence-corrected chi connectivity index (χ4v) is 5.55. The molecule has 5 rings (SSSR count). The molecule has 1 atom stereocenters. The summed E-state index contributed by atoms with van der Waals surface area (Å²) in [7, 11) is 0. The highest BCUT2D eigenvalue weighted by Gasteiger charge is 2.25. The Labute approximate surface area is 229 Å². The van der Waals surface area contributed by atoms with Gasteiger partial charge in [-0.05, 0) is 68.4 Å². The van der Waals surface area contributed by atoms with Gasteiger partial charge in [-0.25, -0.2) is 0 Å². The molecule has 38 heavy (non-hydrogen) atoms. The maximum atomic E-state index is 2.67. The summed E-state index contributed by atoms with van der Waals surface area (Å²) in [5, 5.41) is 0. The van der Waals surface area contributed by atoms with Gasteiger partial charge in [0.15, 0.2) is 0 Å². The van der Waals surface area contributed by atoms with Gasteiger partial charge in [-0.1, -0.05) is 137 Å². The van der Waals surface area contributed by atoms with E-state index in [4.69, 9.17) is 0 Å². The van der Waals surface area contributed by atoms with Crippen LogP contribution < -0.4 is 0 Å². The third kappa shape index (κ3) is 6.23. The van der Waals surface area contributed by atoms with E-state index in [2.05, 4.69) is 142 Å². The van der Waals surface area contributed by atoms with Crippen LogP contribution in [0.2, 0.25) is 0 Å². The van der Waals surface area contributed by atoms with E-state index in [0.29, 0.717) is 6.04 Å². The molecule has 1 saturated heterocycles. The van der Waals surface area contributed by atoms with Gasteiger partial charge in [0.25, 0.3) is 0 Å². The van der Waals surface area contributed by atoms with Crippen LogP contribution in [0.1, 0.15) is 63.4 Å². The maximum Gasteiger partial charge on any atom is 0.0602 e. The summed E-state index contributed by atoms with van der Waals surface area (Å²) in [5.74, 6) is 0. The summed E-state index contributed by atoms with van der Waals surface area (Å²) >= 11 is 0. The minimum absolute atomic E-state index is 0.294. The summed E-state index contributed by atoms with van der Waals surface area (Å²) in [6, 6.07) is 36.2. The molecule has 1 fully saturated rings. The van der Waals surface area contributed by atoms with E-state index in [0.717, 1.165) is 25.9 Å². The summed E-state index contributed by atoms with van der Waals surface area (Å²) in [6.45, 7) is 10.8. The highest BCUT2D eigenvalue weighted by Crippen LogP contribution is 2.33. The zero-order valence-electron chi connectivity index (χ0n) is 23.2. The molecular formula is C37H39N. The van der Waals surface area contributed by atoms with Crippen LogP contribution in [-0.4, -0.2) is 18.0 Å². The molecule has 192 valence electrons. The Kier molecular flexibility index (Phi) is 8.05. The van der Waals surface area contributed by atoms with Crippen LogP contribution in [0.15, 0.2) is 115 Å². The smallest absolute Gasteiger partial charge is 0.0602 e. The third-order valence-electron chi connectivity index (χ3n) is 7.73. The van der Waals surface area contributed by atoms with Crippen LogP contribution >= 0.6 is 0 Å². The number of rotatable bonds is 6. The Bertz CT molecular complexity index is 1430. The summed E-state index contributed by atoms with van der Waals surface area (Å²) < 4.78 is 0. The van der Waals surface area contributed by atoms with Crippen LogP contribution in [0.25, 0.3) is 5.57 Å². The lowest BCUT2D eigenvalue weighted by Crippen LogP contribution is -2.35. The van der Waals surface area contributed by atoms with Crippen molar-refractivity contribution in [1.82, 2.24) is 4.90 Å². The molecule has 0 aliphatic carbocycles. The third-order valence-corrected chi connectivity index (χ3v) is 7.73. The summed E-state index contributed by atoms with van der Waals surface area (Å²) in [5.41, 5.74) is 13.4. The van der Waals surface area contributed by atoms with Gasteiger partial charge in [-0.15, -0.1) is 0 Å². The molecule has 1 aliphatic rings. The van der Waals surface area contributed by atoms with Crippen LogP contribution in [0.5, 0.6) is 0 Å². The van der Waals surface area contributed by atoms with Gasteiger partial charge in [0.2, 0.25) is 0 Å². The second-order valence-corrected chi connectivity index (χ2v) is 10.9. The van der Waals surface area contributed by atoms with Gasteiger partial charge in [0.1, 0.15) is 0 Å². The topological polar surface area (TPSA) is 3.24 Å². The maximum absolute atomic E-state index is 2.67. The van der Waals surface area contributed by atoms with E-state index in [-0.39, 0.29) is 0 Å². The van der Waals surface area contributed by atoms with Gasteiger partial charge >= 0.3 is 0 Å². The predicted molar refractivity (Wildman–Crippen MR) is 163 cm³/mol. The number of hydrogen-bond acceptors (Lipinski definition) is 1. The molecule has 0 radical (unpaired) electrons. The zero-order valence-corrected chi connectivity index (χ0v) is 23.2. The second kappa shape index (κ2) is 11.8. The molecule has 1 nitrogen and oxygen atoms in total. The Morgan fingerprint density at radius 2 is 1.21 bits per heavy atom. The molecule has 4 aromatic rings. The molecule has 0 bridgehead atoms. The molecule has 0 saturated carbocycles. The monoisotopic (exact) mass is 497 g/mol. The molecule has 0 amide bonds. The first-order chi connectivity index (χ1) is 18.5. The van der Waals surface area contributed by atoms with Crippen molar-refractivity contribution in [2.24, 2.45) is 0 Å². The molecule has 0 spiro atoms. The molecule has 4 aromatic carbocycles. The van der Waals surface area contributed by atoms with E-state index < -0.39 is 0 Å². The standard InChI is InChI=1S/C37H39N/c1-27-11-16-32(17-12-27)36(34-9-5-7-29(3)25-34)20-15-31-21-23-38(24-22-31)37(33-18-13-28(2)14-19-33)35-10-6-8-30(4)26-35/h5-20,25-26,37H,21-24H2,1-4H3/b36-20+. The number of benzene rings is 4. The minimum Gasteiger partial charge on any atom is -0.292 e. The Balaban J connectivity index is 1.40. The van der Waals surface area contributed by atoms with Gasteiger partial charge < -0.3 is 0 Å². The van der Waals surface area contributed by atoms with Crippen molar-refractivity contribution < 1.29 is 0 Å². The normalized spacial score (nSPS) is 15.4. The van der Waals surface area contributed by atoms with Gasteiger partial charge in [-0.3, -0.25) is 4.90 Å². The molecule has 1 heteroatoms. The van der Waals surface area contributed by atoms with Crippen molar-refractivity contribution >= 4 is 5.57 Å². The highest BCUT2D eigenvalue weighted by atomic mass is 15.2. The second-order valence-electron chi connectivity index (χ2n) is 10.9. The average molecular weight is 498 g/mol. The summed E-state index contributed by atoms with van der Waals surface area (Å²) in [4.78, 5) is 2.67. The lowest BCUT2D eigenvalue weighted by atomic mass is 9.91. The molecular weight excluding hydrogens is 458 g/mol. The van der Waals surface area contributed by atoms with E-state index in [1.165, 1.54) is 55.7 Å². The van der Waals surface area contributed by atoms with Crippen LogP contribution in [-0.2, 0) is 0 Å². The number of piperidine rings is 1. The number of nitrogens with zero attached hydrogens (tertiary/aromatic N) is 1. The molecule has 1 aliphatic heterocycles. The first-order valence-electron chi connectivity index (χ1n) is 13.9. The highest BCUT2D eigenvalue weighted by molar-refractivity contribution is 5.81. The molecule has 0 N–H and O–H groups in total. The van der Waals surface area contributed by atoms with Crippen LogP contribution in [0.3, 0.4) is 0 Å². The summed E-state index contributed by atoms with van der Waals surface area (Å²) in [6.07, 6.45) is 6.93. The van der Waals surface area contributed by atoms with Crippen LogP contribution in [0, 0.1) is 27.7 Å². The fraction of sp³-hybridized carbons (Fsp3) is 0.243. The SMILES string of the molecule is Cc1ccc(/C(=C\C=C2CCN(C(c3ccc(C)cc3)c3cccc(C)c3)CC2)c2cccc(C)c2)cc1. The largest absolute Gasteiger partial charge is 0.292 e. The number of hydrogen-bond donors (Lipinski definition) is 0. The Morgan fingerprint density at radius 3 is 1.84 bits per heavy atom. The van der Waals surface area contributed by atoms with Crippen molar-refractivity contribution in [3.05, 3.63) is 159 Å². The molecule has 1 unspecified atom stereocenters. The van der Waals surface area contributed by atoms with E-state index in [1.807, 2.05) is 0 Å². The number of aryl methyl sites for hydroxylation is 4. The zero-order chi connectivity index (χ0) is 26.5. The van der Waals surface area contributed by atoms with Crippen molar-refractivity contribution in [3.63, 3.8) is 0 Å². The van der Waals surface area contributed by atoms with Crippen molar-refractivity contribution in [1.29, 1.82) is 0 Å². The molecule has 1 heterocycles. The first-order valence-corrected chi connectivity index (χ1v) is 13.9. The lowest BCUT2D eigenvalue weighted by Gasteiger charge is -2.36. The van der Waals surface area contributed by atoms with Crippen molar-refractivity contribution in [3.8, 4) is 0 Å². The first kappa shape index (κ1) is 25.9. The van der Waals surface area contributed by atoms with E-state index in [9.17, 15) is 0 Å². The lowest BCUT2D eigenvalue weighted by molar-refractivity contribution is 0.210. The fourth-order valence-electron chi connectivity index (χ4n) is 5.55. The van der Waals surface area contributed by atoms with Gasteiger partial charge in [0.05, 0.1) is 6.04 Å². The van der Waals surface area contributed by atoms with Crippen molar-refractivity contribution in [2.75, 3.05) is 13.1 Å². The minimum atomic E-state index is 0.294. The average Bonchev–Trinajstić information content (AvgIpc) is 2.92. The quantitative estimate of drug-likeness (QED) is 0.257. The molecule has 0 aromatic heterocycles. The van der Waals surface area contributed by atoms with Gasteiger partial charge in [0, 0.05) is 13.1 Å². The van der Waals surface area contributed by atoms with Crippen LogP contribution in [0.4, 0.5) is 0 Å². The van der Waals surface area contributed by atoms with E-state index in [1.54, 1.807) is 0 Å².